The third-order valence-electron chi connectivity index (χ3n) is 6.12. The fourth-order valence-corrected chi connectivity index (χ4v) is 5.75. The van der Waals surface area contributed by atoms with Crippen molar-refractivity contribution in [1.82, 2.24) is 9.62 Å². The maximum absolute atomic E-state index is 13.5. The van der Waals surface area contributed by atoms with E-state index in [4.69, 9.17) is 21.1 Å². The van der Waals surface area contributed by atoms with Crippen molar-refractivity contribution < 1.29 is 32.2 Å². The molecule has 0 aromatic heterocycles. The van der Waals surface area contributed by atoms with Crippen LogP contribution in [0.25, 0.3) is 0 Å². The first kappa shape index (κ1) is 29.5. The van der Waals surface area contributed by atoms with Crippen molar-refractivity contribution in [3.63, 3.8) is 0 Å². The second-order valence-corrected chi connectivity index (χ2v) is 11.3. The number of hydrogen-bond donors (Lipinski definition) is 2. The van der Waals surface area contributed by atoms with Crippen LogP contribution in [0.3, 0.4) is 0 Å². The van der Waals surface area contributed by atoms with E-state index in [-0.39, 0.29) is 43.0 Å². The summed E-state index contributed by atoms with van der Waals surface area (Å²) in [6, 6.07) is 16.1. The zero-order chi connectivity index (χ0) is 26.7. The average Bonchev–Trinajstić information content (AvgIpc) is 3.44. The molecule has 3 rings (SSSR count). The molecule has 4 atom stereocenters. The van der Waals surface area contributed by atoms with E-state index in [2.05, 4.69) is 5.32 Å². The van der Waals surface area contributed by atoms with Gasteiger partial charge in [-0.1, -0.05) is 48.5 Å². The Bertz CT molecular complexity index is 1050. The number of carbonyl (C=O) groups is 1. The van der Waals surface area contributed by atoms with Gasteiger partial charge >= 0.3 is 0 Å². The van der Waals surface area contributed by atoms with Crippen LogP contribution in [0, 0.1) is 5.92 Å². The lowest BCUT2D eigenvalue weighted by Crippen LogP contribution is -2.52. The fourth-order valence-electron chi connectivity index (χ4n) is 4.01. The summed E-state index contributed by atoms with van der Waals surface area (Å²) in [6.07, 6.45) is -0.510. The molecular formula is C26H34ClFN2O6S. The molecule has 2 aromatic carbocycles. The predicted octanol–water partition coefficient (Wildman–Crippen LogP) is 2.40. The van der Waals surface area contributed by atoms with Gasteiger partial charge in [0.1, 0.15) is 6.61 Å². The van der Waals surface area contributed by atoms with Crippen LogP contribution in [0.2, 0.25) is 0 Å². The molecule has 11 heteroatoms. The summed E-state index contributed by atoms with van der Waals surface area (Å²) >= 11 is 5.87. The second-order valence-electron chi connectivity index (χ2n) is 9.04. The number of nitrogens with zero attached hydrogens (tertiary/aromatic N) is 1. The van der Waals surface area contributed by atoms with Crippen LogP contribution in [0.15, 0.2) is 65.6 Å². The summed E-state index contributed by atoms with van der Waals surface area (Å²) in [5.74, 6) is -1.27. The molecule has 0 saturated carbocycles. The molecule has 2 unspecified atom stereocenters. The first-order valence-electron chi connectivity index (χ1n) is 12.2. The lowest BCUT2D eigenvalue weighted by molar-refractivity contribution is -0.129. The predicted molar refractivity (Wildman–Crippen MR) is 139 cm³/mol. The van der Waals surface area contributed by atoms with E-state index in [9.17, 15) is 22.7 Å². The molecule has 0 aliphatic carbocycles. The van der Waals surface area contributed by atoms with E-state index in [0.29, 0.717) is 19.6 Å². The van der Waals surface area contributed by atoms with Crippen molar-refractivity contribution in [2.75, 3.05) is 45.5 Å². The van der Waals surface area contributed by atoms with Gasteiger partial charge < -0.3 is 19.9 Å². The normalized spacial score (nSPS) is 18.4. The molecule has 1 aliphatic rings. The number of amides is 1. The SMILES string of the molecule is O=C(COC1CCOC1)N[C@@H](Cc1ccccc1)[C@H](O)CN(CC(CF)CCl)S(=O)(=O)c1ccccc1. The molecule has 37 heavy (non-hydrogen) atoms. The number of rotatable bonds is 15. The summed E-state index contributed by atoms with van der Waals surface area (Å²) in [4.78, 5) is 12.7. The lowest BCUT2D eigenvalue weighted by Gasteiger charge is -2.31. The smallest absolute Gasteiger partial charge is 0.246 e. The number of sulfonamides is 1. The highest BCUT2D eigenvalue weighted by Gasteiger charge is 2.32. The zero-order valence-corrected chi connectivity index (χ0v) is 22.1. The van der Waals surface area contributed by atoms with Crippen LogP contribution in [0.1, 0.15) is 12.0 Å². The number of alkyl halides is 2. The maximum atomic E-state index is 13.5. The Labute approximate surface area is 222 Å². The highest BCUT2D eigenvalue weighted by atomic mass is 35.5. The third-order valence-corrected chi connectivity index (χ3v) is 8.40. The Morgan fingerprint density at radius 1 is 1.16 bits per heavy atom. The molecule has 0 bridgehead atoms. The van der Waals surface area contributed by atoms with E-state index in [0.717, 1.165) is 9.87 Å². The minimum absolute atomic E-state index is 0.0187. The topological polar surface area (TPSA) is 105 Å². The summed E-state index contributed by atoms with van der Waals surface area (Å²) in [7, 11) is -4.07. The molecule has 204 valence electrons. The fraction of sp³-hybridized carbons (Fsp3) is 0.500. The van der Waals surface area contributed by atoms with Gasteiger partial charge in [-0.25, -0.2) is 8.42 Å². The summed E-state index contributed by atoms with van der Waals surface area (Å²) in [5, 5.41) is 14.0. The number of hydrogen-bond acceptors (Lipinski definition) is 6. The Morgan fingerprint density at radius 3 is 2.43 bits per heavy atom. The minimum atomic E-state index is -4.07. The van der Waals surface area contributed by atoms with Crippen LogP contribution in [-0.4, -0.2) is 87.5 Å². The molecule has 1 aliphatic heterocycles. The Balaban J connectivity index is 1.79. The van der Waals surface area contributed by atoms with Crippen LogP contribution in [0.5, 0.6) is 0 Å². The van der Waals surface area contributed by atoms with Gasteiger partial charge in [-0.15, -0.1) is 11.6 Å². The van der Waals surface area contributed by atoms with Crippen LogP contribution in [0.4, 0.5) is 4.39 Å². The largest absolute Gasteiger partial charge is 0.390 e. The monoisotopic (exact) mass is 556 g/mol. The maximum Gasteiger partial charge on any atom is 0.246 e. The summed E-state index contributed by atoms with van der Waals surface area (Å²) < 4.78 is 52.2. The molecule has 1 heterocycles. The Morgan fingerprint density at radius 2 is 1.84 bits per heavy atom. The van der Waals surface area contributed by atoms with Gasteiger partial charge in [0.05, 0.1) is 36.4 Å². The van der Waals surface area contributed by atoms with Crippen LogP contribution >= 0.6 is 11.6 Å². The molecular weight excluding hydrogens is 523 g/mol. The van der Waals surface area contributed by atoms with Crippen molar-refractivity contribution >= 4 is 27.5 Å². The molecule has 8 nitrogen and oxygen atoms in total. The van der Waals surface area contributed by atoms with Gasteiger partial charge in [0.15, 0.2) is 0 Å². The third kappa shape index (κ3) is 9.01. The second kappa shape index (κ2) is 14.8. The summed E-state index contributed by atoms with van der Waals surface area (Å²) in [6.45, 7) is -0.604. The highest BCUT2D eigenvalue weighted by Crippen LogP contribution is 2.20. The van der Waals surface area contributed by atoms with Gasteiger partial charge in [-0.05, 0) is 30.5 Å². The van der Waals surface area contributed by atoms with E-state index < -0.39 is 40.7 Å². The molecule has 1 fully saturated rings. The van der Waals surface area contributed by atoms with E-state index in [1.807, 2.05) is 30.3 Å². The molecule has 0 spiro atoms. The van der Waals surface area contributed by atoms with Gasteiger partial charge in [0, 0.05) is 31.5 Å². The molecule has 1 amide bonds. The molecule has 0 radical (unpaired) electrons. The first-order valence-corrected chi connectivity index (χ1v) is 14.2. The van der Waals surface area contributed by atoms with Crippen molar-refractivity contribution in [3.05, 3.63) is 66.2 Å². The number of benzene rings is 2. The Kier molecular flexibility index (Phi) is 11.8. The van der Waals surface area contributed by atoms with Gasteiger partial charge in [-0.2, -0.15) is 4.31 Å². The van der Waals surface area contributed by atoms with E-state index in [1.165, 1.54) is 12.1 Å². The first-order chi connectivity index (χ1) is 17.8. The number of aliphatic hydroxyl groups excluding tert-OH is 1. The number of nitrogens with one attached hydrogen (secondary N) is 1. The molecule has 2 aromatic rings. The van der Waals surface area contributed by atoms with Gasteiger partial charge in [-0.3, -0.25) is 9.18 Å². The Hall–Kier alpha value is -2.08. The van der Waals surface area contributed by atoms with Crippen molar-refractivity contribution in [2.45, 2.75) is 36.0 Å². The van der Waals surface area contributed by atoms with Gasteiger partial charge in [0.2, 0.25) is 15.9 Å². The molecule has 2 N–H and O–H groups in total. The minimum Gasteiger partial charge on any atom is -0.390 e. The number of aliphatic hydroxyl groups is 1. The number of carbonyl (C=O) groups excluding carboxylic acids is 1. The van der Waals surface area contributed by atoms with Crippen molar-refractivity contribution in [3.8, 4) is 0 Å². The van der Waals surface area contributed by atoms with E-state index >= 15 is 0 Å². The van der Waals surface area contributed by atoms with Crippen LogP contribution in [-0.2, 0) is 30.7 Å². The lowest BCUT2D eigenvalue weighted by atomic mass is 10.0. The van der Waals surface area contributed by atoms with Crippen molar-refractivity contribution in [2.24, 2.45) is 5.92 Å². The number of halogens is 2. The quantitative estimate of drug-likeness (QED) is 0.326. The molecule has 1 saturated heterocycles. The summed E-state index contributed by atoms with van der Waals surface area (Å²) in [5.41, 5.74) is 0.844. The van der Waals surface area contributed by atoms with Crippen molar-refractivity contribution in [1.29, 1.82) is 0 Å². The number of ether oxygens (including phenoxy) is 2. The average molecular weight is 557 g/mol. The van der Waals surface area contributed by atoms with Gasteiger partial charge in [0.25, 0.3) is 0 Å². The standard InChI is InChI=1S/C26H34ClFN2O6S/c27-14-21(15-28)16-30(37(33,34)23-9-5-2-6-10-23)17-25(31)24(13-20-7-3-1-4-8-20)29-26(32)19-36-22-11-12-35-18-22/h1-10,21-22,24-25,31H,11-19H2,(H,29,32)/t21?,22?,24-,25+/m0/s1. The van der Waals surface area contributed by atoms with E-state index in [1.54, 1.807) is 18.2 Å². The zero-order valence-electron chi connectivity index (χ0n) is 20.5. The highest BCUT2D eigenvalue weighted by molar-refractivity contribution is 7.89. The van der Waals surface area contributed by atoms with Crippen LogP contribution < -0.4 is 5.32 Å².